The third-order valence-corrected chi connectivity index (χ3v) is 4.77. The second-order valence-corrected chi connectivity index (χ2v) is 6.59. The van der Waals surface area contributed by atoms with E-state index in [1.165, 1.54) is 0 Å². The summed E-state index contributed by atoms with van der Waals surface area (Å²) in [6.07, 6.45) is 2.31. The summed E-state index contributed by atoms with van der Waals surface area (Å²) >= 11 is 0. The zero-order chi connectivity index (χ0) is 18.6. The normalized spacial score (nSPS) is 16.6. The van der Waals surface area contributed by atoms with Gasteiger partial charge in [-0.3, -0.25) is 10.1 Å². The average Bonchev–Trinajstić information content (AvgIpc) is 3.33. The largest absolute Gasteiger partial charge is 0.491 e. The van der Waals surface area contributed by atoms with E-state index in [0.29, 0.717) is 18.1 Å². The fourth-order valence-electron chi connectivity index (χ4n) is 3.33. The maximum Gasteiger partial charge on any atom is 0.257 e. The summed E-state index contributed by atoms with van der Waals surface area (Å²) in [6.45, 7) is 4.12. The molecule has 140 valence electrons. The number of para-hydroxylation sites is 2. The molecule has 0 aliphatic carbocycles. The summed E-state index contributed by atoms with van der Waals surface area (Å²) in [5, 5.41) is 2.92. The molecule has 0 radical (unpaired) electrons. The smallest absolute Gasteiger partial charge is 0.257 e. The number of ether oxygens (including phenoxy) is 2. The van der Waals surface area contributed by atoms with Gasteiger partial charge < -0.3 is 14.0 Å². The van der Waals surface area contributed by atoms with Gasteiger partial charge in [0.05, 0.1) is 17.1 Å². The number of aromatic nitrogens is 2. The SMILES string of the molecule is CCn1c(NC(=O)c2ccc(OCC3CCCO3)cc2)nc2ccccc21. The lowest BCUT2D eigenvalue weighted by Crippen LogP contribution is -2.17. The molecule has 1 aliphatic rings. The van der Waals surface area contributed by atoms with Crippen LogP contribution in [0.4, 0.5) is 5.95 Å². The Morgan fingerprint density at radius 2 is 2.07 bits per heavy atom. The van der Waals surface area contributed by atoms with Gasteiger partial charge in [-0.1, -0.05) is 12.1 Å². The minimum absolute atomic E-state index is 0.176. The Morgan fingerprint density at radius 3 is 2.81 bits per heavy atom. The lowest BCUT2D eigenvalue weighted by molar-refractivity contribution is 0.0679. The lowest BCUT2D eigenvalue weighted by atomic mass is 10.2. The van der Waals surface area contributed by atoms with Crippen molar-refractivity contribution in [1.82, 2.24) is 9.55 Å². The highest BCUT2D eigenvalue weighted by molar-refractivity contribution is 6.04. The van der Waals surface area contributed by atoms with Crippen molar-refractivity contribution in [1.29, 1.82) is 0 Å². The first-order chi connectivity index (χ1) is 13.2. The quantitative estimate of drug-likeness (QED) is 0.720. The van der Waals surface area contributed by atoms with Crippen molar-refractivity contribution >= 4 is 22.9 Å². The Labute approximate surface area is 158 Å². The number of benzene rings is 2. The maximum absolute atomic E-state index is 12.6. The second kappa shape index (κ2) is 7.80. The van der Waals surface area contributed by atoms with Gasteiger partial charge in [-0.15, -0.1) is 0 Å². The van der Waals surface area contributed by atoms with Crippen LogP contribution in [0.1, 0.15) is 30.1 Å². The van der Waals surface area contributed by atoms with Gasteiger partial charge >= 0.3 is 0 Å². The van der Waals surface area contributed by atoms with Gasteiger partial charge in [0.2, 0.25) is 5.95 Å². The molecule has 1 unspecified atom stereocenters. The van der Waals surface area contributed by atoms with Gasteiger partial charge in [-0.25, -0.2) is 4.98 Å². The van der Waals surface area contributed by atoms with Crippen molar-refractivity contribution in [2.75, 3.05) is 18.5 Å². The number of rotatable bonds is 6. The number of carbonyl (C=O) groups is 1. The summed E-state index contributed by atoms with van der Waals surface area (Å²) in [5.74, 6) is 1.11. The number of fused-ring (bicyclic) bond motifs is 1. The summed E-state index contributed by atoms with van der Waals surface area (Å²) in [6, 6.07) is 15.0. The summed E-state index contributed by atoms with van der Waals surface area (Å²) in [4.78, 5) is 17.1. The molecule has 0 spiro atoms. The summed E-state index contributed by atoms with van der Waals surface area (Å²) in [5.41, 5.74) is 2.44. The number of imidazole rings is 1. The van der Waals surface area contributed by atoms with Crippen LogP contribution in [0.2, 0.25) is 0 Å². The molecule has 1 N–H and O–H groups in total. The summed E-state index contributed by atoms with van der Waals surface area (Å²) < 4.78 is 13.3. The maximum atomic E-state index is 12.6. The lowest BCUT2D eigenvalue weighted by Gasteiger charge is -2.12. The zero-order valence-corrected chi connectivity index (χ0v) is 15.4. The number of hydrogen-bond donors (Lipinski definition) is 1. The molecule has 4 rings (SSSR count). The summed E-state index contributed by atoms with van der Waals surface area (Å²) in [7, 11) is 0. The number of amides is 1. The Hall–Kier alpha value is -2.86. The second-order valence-electron chi connectivity index (χ2n) is 6.59. The standard InChI is InChI=1S/C21H23N3O3/c1-2-24-19-8-4-3-7-18(19)22-21(24)23-20(25)15-9-11-16(12-10-15)27-14-17-6-5-13-26-17/h3-4,7-12,17H,2,5-6,13-14H2,1H3,(H,22,23,25). The predicted octanol–water partition coefficient (Wildman–Crippen LogP) is 3.87. The van der Waals surface area contributed by atoms with E-state index in [9.17, 15) is 4.79 Å². The first-order valence-electron chi connectivity index (χ1n) is 9.35. The van der Waals surface area contributed by atoms with Crippen molar-refractivity contribution < 1.29 is 14.3 Å². The molecule has 1 amide bonds. The van der Waals surface area contributed by atoms with Crippen molar-refractivity contribution in [3.05, 3.63) is 54.1 Å². The fraction of sp³-hybridized carbons (Fsp3) is 0.333. The van der Waals surface area contributed by atoms with Crippen LogP contribution in [-0.4, -0.2) is 34.8 Å². The molecule has 1 atom stereocenters. The Morgan fingerprint density at radius 1 is 1.26 bits per heavy atom. The van der Waals surface area contributed by atoms with Gasteiger partial charge in [0.15, 0.2) is 0 Å². The van der Waals surface area contributed by atoms with Crippen molar-refractivity contribution in [2.45, 2.75) is 32.4 Å². The molecule has 0 saturated carbocycles. The Balaban J connectivity index is 1.43. The molecule has 1 fully saturated rings. The third kappa shape index (κ3) is 3.80. The number of nitrogens with zero attached hydrogens (tertiary/aromatic N) is 2. The topological polar surface area (TPSA) is 65.4 Å². The number of aryl methyl sites for hydroxylation is 1. The number of anilines is 1. The molecule has 1 saturated heterocycles. The van der Waals surface area contributed by atoms with E-state index in [0.717, 1.165) is 42.8 Å². The minimum atomic E-state index is -0.189. The molecule has 2 aromatic carbocycles. The first kappa shape index (κ1) is 17.5. The minimum Gasteiger partial charge on any atom is -0.491 e. The van der Waals surface area contributed by atoms with Crippen LogP contribution >= 0.6 is 0 Å². The first-order valence-corrected chi connectivity index (χ1v) is 9.35. The highest BCUT2D eigenvalue weighted by Gasteiger charge is 2.16. The molecule has 2 heterocycles. The van der Waals surface area contributed by atoms with E-state index in [1.807, 2.05) is 47.9 Å². The van der Waals surface area contributed by atoms with Crippen LogP contribution in [0.25, 0.3) is 11.0 Å². The molecule has 6 heteroatoms. The van der Waals surface area contributed by atoms with Gasteiger partial charge in [0, 0.05) is 18.7 Å². The van der Waals surface area contributed by atoms with E-state index in [4.69, 9.17) is 9.47 Å². The molecule has 27 heavy (non-hydrogen) atoms. The molecule has 0 bridgehead atoms. The molecular weight excluding hydrogens is 342 g/mol. The number of nitrogens with one attached hydrogen (secondary N) is 1. The molecule has 6 nitrogen and oxygen atoms in total. The molecule has 3 aromatic rings. The van der Waals surface area contributed by atoms with Crippen LogP contribution in [0, 0.1) is 0 Å². The van der Waals surface area contributed by atoms with Crippen LogP contribution < -0.4 is 10.1 Å². The van der Waals surface area contributed by atoms with Gasteiger partial charge in [0.1, 0.15) is 12.4 Å². The monoisotopic (exact) mass is 365 g/mol. The van der Waals surface area contributed by atoms with Gasteiger partial charge in [-0.05, 0) is 56.2 Å². The average molecular weight is 365 g/mol. The number of carbonyl (C=O) groups excluding carboxylic acids is 1. The Bertz CT molecular complexity index is 927. The van der Waals surface area contributed by atoms with Crippen LogP contribution in [0.15, 0.2) is 48.5 Å². The highest BCUT2D eigenvalue weighted by Crippen LogP contribution is 2.21. The van der Waals surface area contributed by atoms with E-state index < -0.39 is 0 Å². The van der Waals surface area contributed by atoms with E-state index in [1.54, 1.807) is 12.1 Å². The number of hydrogen-bond acceptors (Lipinski definition) is 4. The predicted molar refractivity (Wildman–Crippen MR) is 104 cm³/mol. The van der Waals surface area contributed by atoms with E-state index in [-0.39, 0.29) is 12.0 Å². The highest BCUT2D eigenvalue weighted by atomic mass is 16.5. The van der Waals surface area contributed by atoms with Crippen molar-refractivity contribution in [3.63, 3.8) is 0 Å². The van der Waals surface area contributed by atoms with E-state index in [2.05, 4.69) is 10.3 Å². The molecule has 1 aliphatic heterocycles. The fourth-order valence-corrected chi connectivity index (χ4v) is 3.33. The van der Waals surface area contributed by atoms with Crippen LogP contribution in [0.3, 0.4) is 0 Å². The van der Waals surface area contributed by atoms with Crippen molar-refractivity contribution in [3.8, 4) is 5.75 Å². The van der Waals surface area contributed by atoms with E-state index >= 15 is 0 Å². The van der Waals surface area contributed by atoms with Gasteiger partial charge in [0.25, 0.3) is 5.91 Å². The van der Waals surface area contributed by atoms with Crippen LogP contribution in [-0.2, 0) is 11.3 Å². The molecular formula is C21H23N3O3. The van der Waals surface area contributed by atoms with Crippen LogP contribution in [0.5, 0.6) is 5.75 Å². The zero-order valence-electron chi connectivity index (χ0n) is 15.4. The molecule has 1 aromatic heterocycles. The van der Waals surface area contributed by atoms with Crippen molar-refractivity contribution in [2.24, 2.45) is 0 Å². The Kier molecular flexibility index (Phi) is 5.07. The third-order valence-electron chi connectivity index (χ3n) is 4.77. The van der Waals surface area contributed by atoms with Gasteiger partial charge in [-0.2, -0.15) is 0 Å².